The minimum Gasteiger partial charge on any atom is -0.389 e. The minimum atomic E-state index is -0.422. The zero-order chi connectivity index (χ0) is 16.5. The average Bonchev–Trinajstić information content (AvgIpc) is 2.92. The smallest absolute Gasteiger partial charge is 0.139 e. The molecule has 0 saturated heterocycles. The number of rotatable bonds is 0. The Bertz CT molecular complexity index is 484. The van der Waals surface area contributed by atoms with Gasteiger partial charge in [0.1, 0.15) is 5.78 Å². The second-order valence-electron chi connectivity index (χ2n) is 8.22. The maximum atomic E-state index is 12.3. The predicted molar refractivity (Wildman–Crippen MR) is 91.5 cm³/mol. The maximum Gasteiger partial charge on any atom is 0.139 e. The van der Waals surface area contributed by atoms with E-state index in [0.717, 1.165) is 24.3 Å². The number of aliphatic hydroxyl groups is 1. The van der Waals surface area contributed by atoms with Crippen molar-refractivity contribution in [1.82, 2.24) is 0 Å². The van der Waals surface area contributed by atoms with Crippen LogP contribution in [0.2, 0.25) is 0 Å². The summed E-state index contributed by atoms with van der Waals surface area (Å²) in [6.07, 6.45) is 8.01. The highest BCUT2D eigenvalue weighted by Crippen LogP contribution is 2.63. The first-order valence-electron chi connectivity index (χ1n) is 8.75. The molecule has 1 N–H and O–H groups in total. The van der Waals surface area contributed by atoms with Crippen LogP contribution in [-0.4, -0.2) is 17.0 Å². The Kier molecular flexibility index (Phi) is 5.32. The first kappa shape index (κ1) is 17.5. The van der Waals surface area contributed by atoms with Crippen LogP contribution in [0.25, 0.3) is 0 Å². The van der Waals surface area contributed by atoms with Gasteiger partial charge in [0.05, 0.1) is 6.10 Å². The molecular weight excluding hydrogens is 272 g/mol. The van der Waals surface area contributed by atoms with Crippen LogP contribution in [0, 0.1) is 23.2 Å². The molecule has 0 spiro atoms. The van der Waals surface area contributed by atoms with E-state index in [4.69, 9.17) is 0 Å². The molecule has 2 nitrogen and oxygen atoms in total. The molecule has 0 bridgehead atoms. The Hall–Kier alpha value is -0.890. The summed E-state index contributed by atoms with van der Waals surface area (Å²) < 4.78 is 0. The number of carbonyl (C=O) groups is 1. The van der Waals surface area contributed by atoms with E-state index in [1.165, 1.54) is 12.0 Å². The molecule has 0 aromatic heterocycles. The van der Waals surface area contributed by atoms with Crippen molar-refractivity contribution in [3.05, 3.63) is 23.3 Å². The molecule has 0 aliphatic heterocycles. The summed E-state index contributed by atoms with van der Waals surface area (Å²) in [5.41, 5.74) is 2.78. The highest BCUT2D eigenvalue weighted by atomic mass is 16.3. The summed E-state index contributed by atoms with van der Waals surface area (Å²) >= 11 is 0. The molecule has 124 valence electrons. The van der Waals surface area contributed by atoms with Gasteiger partial charge in [0.2, 0.25) is 0 Å². The van der Waals surface area contributed by atoms with Crippen LogP contribution in [0.5, 0.6) is 0 Å². The van der Waals surface area contributed by atoms with E-state index < -0.39 is 6.10 Å². The van der Waals surface area contributed by atoms with Gasteiger partial charge in [0.15, 0.2) is 0 Å². The van der Waals surface area contributed by atoms with E-state index in [2.05, 4.69) is 27.7 Å². The molecule has 22 heavy (non-hydrogen) atoms. The van der Waals surface area contributed by atoms with Gasteiger partial charge in [-0.3, -0.25) is 4.79 Å². The molecule has 0 radical (unpaired) electrons. The highest BCUT2D eigenvalue weighted by molar-refractivity contribution is 5.82. The van der Waals surface area contributed by atoms with Gasteiger partial charge in [-0.1, -0.05) is 44.1 Å². The van der Waals surface area contributed by atoms with Crippen LogP contribution in [-0.2, 0) is 4.79 Å². The van der Waals surface area contributed by atoms with Crippen molar-refractivity contribution in [2.45, 2.75) is 72.8 Å². The van der Waals surface area contributed by atoms with Gasteiger partial charge in [0.25, 0.3) is 0 Å². The lowest BCUT2D eigenvalue weighted by Gasteiger charge is -2.12. The summed E-state index contributed by atoms with van der Waals surface area (Å²) in [6.45, 7) is 10.9. The summed E-state index contributed by atoms with van der Waals surface area (Å²) in [6, 6.07) is 0. The molecule has 0 aromatic carbocycles. The van der Waals surface area contributed by atoms with Crippen molar-refractivity contribution in [2.75, 3.05) is 0 Å². The van der Waals surface area contributed by atoms with Crippen LogP contribution in [0.15, 0.2) is 23.3 Å². The quantitative estimate of drug-likeness (QED) is 0.660. The van der Waals surface area contributed by atoms with E-state index in [-0.39, 0.29) is 5.92 Å². The number of Topliss-reactive ketones (excluding diaryl/α,β-unsaturated/α-hetero) is 1. The molecule has 2 aliphatic rings. The third-order valence-corrected chi connectivity index (χ3v) is 5.95. The van der Waals surface area contributed by atoms with Crippen LogP contribution in [0.3, 0.4) is 0 Å². The van der Waals surface area contributed by atoms with Gasteiger partial charge in [-0.25, -0.2) is 0 Å². The molecule has 2 aliphatic carbocycles. The summed E-state index contributed by atoms with van der Waals surface area (Å²) in [5, 5.41) is 10.2. The molecule has 1 fully saturated rings. The van der Waals surface area contributed by atoms with Gasteiger partial charge < -0.3 is 5.11 Å². The van der Waals surface area contributed by atoms with Gasteiger partial charge in [-0.2, -0.15) is 0 Å². The Morgan fingerprint density at radius 1 is 1.18 bits per heavy atom. The summed E-state index contributed by atoms with van der Waals surface area (Å²) in [4.78, 5) is 12.3. The largest absolute Gasteiger partial charge is 0.389 e. The normalized spacial score (nSPS) is 41.5. The molecule has 1 saturated carbocycles. The van der Waals surface area contributed by atoms with E-state index in [0.29, 0.717) is 30.0 Å². The number of hydrogen-bond donors (Lipinski definition) is 1. The Labute approximate surface area is 135 Å². The number of aliphatic hydroxyl groups excluding tert-OH is 1. The lowest BCUT2D eigenvalue weighted by Crippen LogP contribution is -2.12. The molecule has 0 aromatic rings. The van der Waals surface area contributed by atoms with E-state index in [1.807, 2.05) is 19.1 Å². The van der Waals surface area contributed by atoms with Gasteiger partial charge in [-0.15, -0.1) is 0 Å². The van der Waals surface area contributed by atoms with Crippen LogP contribution in [0.1, 0.15) is 66.7 Å². The number of ketones is 1. The molecule has 2 rings (SSSR count). The third-order valence-electron chi connectivity index (χ3n) is 5.95. The SMILES string of the molecule is C/C1=C\[C@@H](O)C/C(C)=C/CC(=O)[C@H](C)C[C@@H]2[C@@H](CC1)C2(C)C. The van der Waals surface area contributed by atoms with Gasteiger partial charge in [0, 0.05) is 12.3 Å². The molecule has 0 heterocycles. The number of carbonyl (C=O) groups excluding carboxylic acids is 1. The lowest BCUT2D eigenvalue weighted by atomic mass is 9.93. The number of allylic oxidation sites excluding steroid dienone is 2. The molecule has 0 amide bonds. The van der Waals surface area contributed by atoms with Crippen LogP contribution in [0.4, 0.5) is 0 Å². The van der Waals surface area contributed by atoms with Crippen LogP contribution < -0.4 is 0 Å². The first-order chi connectivity index (χ1) is 10.2. The zero-order valence-corrected chi connectivity index (χ0v) is 14.9. The lowest BCUT2D eigenvalue weighted by molar-refractivity contribution is -0.121. The highest BCUT2D eigenvalue weighted by Gasteiger charge is 2.56. The molecule has 0 unspecified atom stereocenters. The fourth-order valence-electron chi connectivity index (χ4n) is 4.15. The summed E-state index contributed by atoms with van der Waals surface area (Å²) in [5.74, 6) is 1.91. The zero-order valence-electron chi connectivity index (χ0n) is 14.9. The van der Waals surface area contributed by atoms with Gasteiger partial charge >= 0.3 is 0 Å². The van der Waals surface area contributed by atoms with E-state index in [9.17, 15) is 9.90 Å². The van der Waals surface area contributed by atoms with Crippen molar-refractivity contribution in [1.29, 1.82) is 0 Å². The Balaban J connectivity index is 2.14. The standard InChI is InChI=1S/C20H32O2/c1-13-6-8-17-18(20(17,4)5)12-15(3)19(22)9-7-14(2)11-16(21)10-13/h7,10,15-18,21H,6,8-9,11-12H2,1-5H3/b13-10+,14-7+/t15-,16-,17-,18-/m1/s1. The van der Waals surface area contributed by atoms with Crippen LogP contribution >= 0.6 is 0 Å². The van der Waals surface area contributed by atoms with Gasteiger partial charge in [-0.05, 0) is 56.8 Å². The van der Waals surface area contributed by atoms with Crippen molar-refractivity contribution in [3.63, 3.8) is 0 Å². The Morgan fingerprint density at radius 2 is 1.86 bits per heavy atom. The molecule has 2 heteroatoms. The first-order valence-corrected chi connectivity index (χ1v) is 8.75. The monoisotopic (exact) mass is 304 g/mol. The predicted octanol–water partition coefficient (Wildman–Crippen LogP) is 4.68. The Morgan fingerprint density at radius 3 is 2.55 bits per heavy atom. The fourth-order valence-corrected chi connectivity index (χ4v) is 4.15. The van der Waals surface area contributed by atoms with E-state index >= 15 is 0 Å². The average molecular weight is 304 g/mol. The van der Waals surface area contributed by atoms with Crippen molar-refractivity contribution < 1.29 is 9.90 Å². The second kappa shape index (κ2) is 6.70. The van der Waals surface area contributed by atoms with Crippen molar-refractivity contribution in [3.8, 4) is 0 Å². The summed E-state index contributed by atoms with van der Waals surface area (Å²) in [7, 11) is 0. The molecule has 4 atom stereocenters. The number of hydrogen-bond acceptors (Lipinski definition) is 2. The second-order valence-corrected chi connectivity index (χ2v) is 8.22. The van der Waals surface area contributed by atoms with Crippen molar-refractivity contribution >= 4 is 5.78 Å². The maximum absolute atomic E-state index is 12.3. The van der Waals surface area contributed by atoms with Crippen molar-refractivity contribution in [2.24, 2.45) is 23.2 Å². The number of fused-ring (bicyclic) bond motifs is 1. The topological polar surface area (TPSA) is 37.3 Å². The third kappa shape index (κ3) is 4.10. The van der Waals surface area contributed by atoms with E-state index in [1.54, 1.807) is 0 Å². The fraction of sp³-hybridized carbons (Fsp3) is 0.750. The molecular formula is C20H32O2. The minimum absolute atomic E-state index is 0.155.